The van der Waals surface area contributed by atoms with Crippen molar-refractivity contribution in [3.63, 3.8) is 0 Å². The van der Waals surface area contributed by atoms with Crippen molar-refractivity contribution < 1.29 is 22.7 Å². The van der Waals surface area contributed by atoms with Crippen molar-refractivity contribution in [2.75, 3.05) is 29.5 Å². The van der Waals surface area contributed by atoms with Crippen LogP contribution < -0.4 is 9.62 Å². The number of nitrogens with one attached hydrogen (secondary N) is 1. The van der Waals surface area contributed by atoms with Crippen LogP contribution in [0.2, 0.25) is 0 Å². The van der Waals surface area contributed by atoms with Crippen LogP contribution in [0.3, 0.4) is 0 Å². The first-order valence-electron chi connectivity index (χ1n) is 7.74. The van der Waals surface area contributed by atoms with E-state index in [9.17, 15) is 18.0 Å². The molecule has 0 atom stereocenters. The first-order valence-corrected chi connectivity index (χ1v) is 9.59. The summed E-state index contributed by atoms with van der Waals surface area (Å²) in [6.45, 7) is 1.46. The normalized spacial score (nSPS) is 10.9. The van der Waals surface area contributed by atoms with E-state index in [-0.39, 0.29) is 17.8 Å². The highest BCUT2D eigenvalue weighted by Crippen LogP contribution is 2.19. The molecule has 26 heavy (non-hydrogen) atoms. The van der Waals surface area contributed by atoms with Crippen LogP contribution in [0.5, 0.6) is 0 Å². The molecule has 138 valence electrons. The molecule has 0 fully saturated rings. The molecule has 2 aromatic carbocycles. The molecule has 0 aromatic heterocycles. The van der Waals surface area contributed by atoms with Crippen molar-refractivity contribution in [3.8, 4) is 0 Å². The summed E-state index contributed by atoms with van der Waals surface area (Å²) in [5.74, 6) is -0.999. The van der Waals surface area contributed by atoms with Crippen LogP contribution in [0.25, 0.3) is 0 Å². The molecule has 1 N–H and O–H groups in total. The predicted octanol–water partition coefficient (Wildman–Crippen LogP) is 2.19. The van der Waals surface area contributed by atoms with Gasteiger partial charge in [-0.1, -0.05) is 18.2 Å². The third kappa shape index (κ3) is 4.82. The van der Waals surface area contributed by atoms with Gasteiger partial charge in [-0.3, -0.25) is 9.10 Å². The van der Waals surface area contributed by atoms with E-state index in [1.54, 1.807) is 12.1 Å². The number of nitrogens with zero attached hydrogens (tertiary/aromatic N) is 1. The van der Waals surface area contributed by atoms with E-state index < -0.39 is 21.9 Å². The Labute approximate surface area is 152 Å². The monoisotopic (exact) mass is 376 g/mol. The molecule has 0 spiro atoms. The first-order chi connectivity index (χ1) is 12.2. The lowest BCUT2D eigenvalue weighted by atomic mass is 10.2. The average Bonchev–Trinajstić information content (AvgIpc) is 2.60. The molecule has 0 aliphatic rings. The SMILES string of the molecule is COC(=O)c1ccc(N(CC(=O)Nc2ccccc2C)S(C)(=O)=O)cc1. The van der Waals surface area contributed by atoms with Gasteiger partial charge >= 0.3 is 5.97 Å². The molecular formula is C18H20N2O5S. The van der Waals surface area contributed by atoms with Gasteiger partial charge in [-0.2, -0.15) is 0 Å². The molecule has 0 aliphatic heterocycles. The number of para-hydroxylation sites is 1. The Morgan fingerprint density at radius 1 is 1.08 bits per heavy atom. The molecule has 1 amide bonds. The third-order valence-corrected chi connectivity index (χ3v) is 4.82. The van der Waals surface area contributed by atoms with E-state index in [4.69, 9.17) is 0 Å². The van der Waals surface area contributed by atoms with Crippen molar-refractivity contribution in [2.45, 2.75) is 6.92 Å². The maximum atomic E-state index is 12.3. The number of methoxy groups -OCH3 is 1. The lowest BCUT2D eigenvalue weighted by molar-refractivity contribution is -0.114. The Balaban J connectivity index is 2.22. The number of hydrogen-bond donors (Lipinski definition) is 1. The molecule has 0 saturated heterocycles. The molecule has 2 aromatic rings. The van der Waals surface area contributed by atoms with Gasteiger partial charge in [0.1, 0.15) is 6.54 Å². The fourth-order valence-corrected chi connectivity index (χ4v) is 3.17. The molecule has 0 heterocycles. The fraction of sp³-hybridized carbons (Fsp3) is 0.222. The highest BCUT2D eigenvalue weighted by Gasteiger charge is 2.21. The summed E-state index contributed by atoms with van der Waals surface area (Å²) in [7, 11) is -2.44. The molecule has 2 rings (SSSR count). The zero-order valence-corrected chi connectivity index (χ0v) is 15.5. The van der Waals surface area contributed by atoms with E-state index in [1.807, 2.05) is 19.1 Å². The minimum atomic E-state index is -3.70. The molecular weight excluding hydrogens is 356 g/mol. The summed E-state index contributed by atoms with van der Waals surface area (Å²) >= 11 is 0. The topological polar surface area (TPSA) is 92.8 Å². The minimum Gasteiger partial charge on any atom is -0.465 e. The summed E-state index contributed by atoms with van der Waals surface area (Å²) in [4.78, 5) is 23.8. The lowest BCUT2D eigenvalue weighted by Gasteiger charge is -2.22. The summed E-state index contributed by atoms with van der Waals surface area (Å²) in [5.41, 5.74) is 2.05. The van der Waals surface area contributed by atoms with Crippen LogP contribution in [0, 0.1) is 6.92 Å². The maximum absolute atomic E-state index is 12.3. The summed E-state index contributed by atoms with van der Waals surface area (Å²) in [6.07, 6.45) is 1.02. The van der Waals surface area contributed by atoms with Gasteiger partial charge < -0.3 is 10.1 Å². The summed E-state index contributed by atoms with van der Waals surface area (Å²) < 4.78 is 29.8. The van der Waals surface area contributed by atoms with Crippen LogP contribution in [-0.4, -0.2) is 40.2 Å². The standard InChI is InChI=1S/C18H20N2O5S/c1-13-6-4-5-7-16(13)19-17(21)12-20(26(3,23)24)15-10-8-14(9-11-15)18(22)25-2/h4-11H,12H2,1-3H3,(H,19,21). The molecule has 0 aliphatic carbocycles. The van der Waals surface area contributed by atoms with E-state index in [1.165, 1.54) is 31.4 Å². The van der Waals surface area contributed by atoms with Gasteiger partial charge in [-0.05, 0) is 42.8 Å². The average molecular weight is 376 g/mol. The second kappa shape index (κ2) is 8.01. The Hall–Kier alpha value is -2.87. The van der Waals surface area contributed by atoms with Crippen molar-refractivity contribution >= 4 is 33.3 Å². The summed E-state index contributed by atoms with van der Waals surface area (Å²) in [5, 5.41) is 2.70. The number of rotatable bonds is 6. The number of anilines is 2. The lowest BCUT2D eigenvalue weighted by Crippen LogP contribution is -2.37. The van der Waals surface area contributed by atoms with E-state index in [0.29, 0.717) is 5.69 Å². The van der Waals surface area contributed by atoms with E-state index >= 15 is 0 Å². The third-order valence-electron chi connectivity index (χ3n) is 3.68. The number of sulfonamides is 1. The van der Waals surface area contributed by atoms with Crippen LogP contribution in [0.4, 0.5) is 11.4 Å². The number of ether oxygens (including phenoxy) is 1. The number of aryl methyl sites for hydroxylation is 1. The fourth-order valence-electron chi connectivity index (χ4n) is 2.31. The molecule has 0 saturated carbocycles. The Morgan fingerprint density at radius 2 is 1.69 bits per heavy atom. The molecule has 0 bridgehead atoms. The highest BCUT2D eigenvalue weighted by molar-refractivity contribution is 7.92. The quantitative estimate of drug-likeness (QED) is 0.780. The number of carbonyl (C=O) groups excluding carboxylic acids is 2. The number of amides is 1. The van der Waals surface area contributed by atoms with E-state index in [2.05, 4.69) is 10.1 Å². The number of esters is 1. The highest BCUT2D eigenvalue weighted by atomic mass is 32.2. The smallest absolute Gasteiger partial charge is 0.337 e. The zero-order valence-electron chi connectivity index (χ0n) is 14.7. The Kier molecular flexibility index (Phi) is 5.99. The number of carbonyl (C=O) groups is 2. The summed E-state index contributed by atoms with van der Waals surface area (Å²) in [6, 6.07) is 13.0. The first kappa shape index (κ1) is 19.5. The maximum Gasteiger partial charge on any atom is 0.337 e. The van der Waals surface area contributed by atoms with Crippen LogP contribution in [0.1, 0.15) is 15.9 Å². The Morgan fingerprint density at radius 3 is 2.23 bits per heavy atom. The van der Waals surface area contributed by atoms with Gasteiger partial charge in [0.05, 0.1) is 24.6 Å². The van der Waals surface area contributed by atoms with Crippen molar-refractivity contribution in [2.24, 2.45) is 0 Å². The van der Waals surface area contributed by atoms with Crippen LogP contribution in [0.15, 0.2) is 48.5 Å². The second-order valence-electron chi connectivity index (χ2n) is 5.67. The number of hydrogen-bond acceptors (Lipinski definition) is 5. The van der Waals surface area contributed by atoms with Gasteiger partial charge in [0.2, 0.25) is 15.9 Å². The largest absolute Gasteiger partial charge is 0.465 e. The molecule has 0 radical (unpaired) electrons. The van der Waals surface area contributed by atoms with Gasteiger partial charge in [-0.25, -0.2) is 13.2 Å². The molecule has 7 nitrogen and oxygen atoms in total. The van der Waals surface area contributed by atoms with E-state index in [0.717, 1.165) is 16.1 Å². The van der Waals surface area contributed by atoms with Crippen LogP contribution >= 0.6 is 0 Å². The van der Waals surface area contributed by atoms with Crippen molar-refractivity contribution in [1.29, 1.82) is 0 Å². The van der Waals surface area contributed by atoms with Crippen LogP contribution in [-0.2, 0) is 19.6 Å². The van der Waals surface area contributed by atoms with Gasteiger partial charge in [0.25, 0.3) is 0 Å². The number of benzene rings is 2. The van der Waals surface area contributed by atoms with Crippen molar-refractivity contribution in [3.05, 3.63) is 59.7 Å². The molecule has 0 unspecified atom stereocenters. The minimum absolute atomic E-state index is 0.278. The molecule has 8 heteroatoms. The van der Waals surface area contributed by atoms with Gasteiger partial charge in [0.15, 0.2) is 0 Å². The van der Waals surface area contributed by atoms with Gasteiger partial charge in [-0.15, -0.1) is 0 Å². The zero-order chi connectivity index (χ0) is 19.3. The van der Waals surface area contributed by atoms with Gasteiger partial charge in [0, 0.05) is 5.69 Å². The van der Waals surface area contributed by atoms with Crippen molar-refractivity contribution in [1.82, 2.24) is 0 Å². The predicted molar refractivity (Wildman–Crippen MR) is 99.8 cm³/mol. The Bertz CT molecular complexity index is 907. The second-order valence-corrected chi connectivity index (χ2v) is 7.58.